The Morgan fingerprint density at radius 3 is 1.80 bits per heavy atom. The van der Waals surface area contributed by atoms with Crippen molar-refractivity contribution >= 4 is 41.3 Å². The van der Waals surface area contributed by atoms with Crippen LogP contribution in [-0.4, -0.2) is 74.7 Å². The molecule has 14 nitrogen and oxygen atoms in total. The molecule has 2 aliphatic carbocycles. The first-order valence-corrected chi connectivity index (χ1v) is 19.6. The molecule has 322 valence electrons. The Labute approximate surface area is 348 Å². The second kappa shape index (κ2) is 21.0. The van der Waals surface area contributed by atoms with Crippen LogP contribution in [0.3, 0.4) is 0 Å². The monoisotopic (exact) mass is 847 g/mol. The normalized spacial score (nSPS) is 16.9. The molecule has 1 saturated heterocycles. The van der Waals surface area contributed by atoms with Crippen LogP contribution in [-0.2, 0) is 30.3 Å². The van der Waals surface area contributed by atoms with E-state index in [1.807, 2.05) is 24.3 Å². The Balaban J connectivity index is 0.000000185. The highest BCUT2D eigenvalue weighted by atomic mass is 19.2. The first-order valence-electron chi connectivity index (χ1n) is 19.6. The molecule has 0 aromatic heterocycles. The molecular weight excluding hydrogens is 803 g/mol. The number of fused-ring (bicyclic) bond motifs is 3. The van der Waals surface area contributed by atoms with Gasteiger partial charge in [0.05, 0.1) is 23.2 Å². The van der Waals surface area contributed by atoms with E-state index in [9.17, 15) is 47.3 Å². The zero-order valence-electron chi connectivity index (χ0n) is 32.8. The minimum absolute atomic E-state index is 0.0610. The quantitative estimate of drug-likeness (QED) is 0.0677. The van der Waals surface area contributed by atoms with Gasteiger partial charge in [0.15, 0.2) is 17.5 Å². The zero-order chi connectivity index (χ0) is 44.2. The molecule has 61 heavy (non-hydrogen) atoms. The van der Waals surface area contributed by atoms with Crippen molar-refractivity contribution in [2.75, 3.05) is 25.0 Å². The number of carboxylic acid groups (broad SMARTS) is 3. The highest BCUT2D eigenvalue weighted by molar-refractivity contribution is 5.95. The van der Waals surface area contributed by atoms with Gasteiger partial charge in [0, 0.05) is 43.2 Å². The first kappa shape index (κ1) is 45.3. The van der Waals surface area contributed by atoms with Crippen molar-refractivity contribution in [3.8, 4) is 11.1 Å². The number of amides is 2. The molecular formula is C44H44F3N3O11. The maximum Gasteiger partial charge on any atom is 0.409 e. The number of hydrogen-bond acceptors (Lipinski definition) is 8. The van der Waals surface area contributed by atoms with Gasteiger partial charge in [0.1, 0.15) is 6.61 Å². The van der Waals surface area contributed by atoms with Crippen LogP contribution in [0.2, 0.25) is 0 Å². The van der Waals surface area contributed by atoms with Crippen molar-refractivity contribution in [1.82, 2.24) is 4.90 Å². The van der Waals surface area contributed by atoms with Crippen molar-refractivity contribution in [3.63, 3.8) is 0 Å². The molecule has 1 saturated carbocycles. The molecule has 7 rings (SSSR count). The van der Waals surface area contributed by atoms with Gasteiger partial charge in [0.2, 0.25) is 5.91 Å². The average Bonchev–Trinajstić information content (AvgIpc) is 3.55. The fourth-order valence-electron chi connectivity index (χ4n) is 7.78. The lowest BCUT2D eigenvalue weighted by Gasteiger charge is -2.31. The molecule has 4 aromatic carbocycles. The number of hydrogen-bond donors (Lipinski definition) is 4. The number of nitro groups is 1. The molecule has 2 fully saturated rings. The molecule has 2 amide bonds. The van der Waals surface area contributed by atoms with Crippen LogP contribution in [0.1, 0.15) is 67.6 Å². The molecule has 0 radical (unpaired) electrons. The Bertz CT molecular complexity index is 2180. The minimum atomic E-state index is -1.59. The van der Waals surface area contributed by atoms with Crippen LogP contribution in [0.15, 0.2) is 84.9 Å². The van der Waals surface area contributed by atoms with Crippen LogP contribution >= 0.6 is 0 Å². The molecule has 3 aliphatic rings. The third-order valence-corrected chi connectivity index (χ3v) is 10.8. The smallest absolute Gasteiger partial charge is 0.409 e. The lowest BCUT2D eigenvalue weighted by molar-refractivity contribution is -0.384. The van der Waals surface area contributed by atoms with E-state index in [1.165, 1.54) is 46.5 Å². The van der Waals surface area contributed by atoms with Gasteiger partial charge < -0.3 is 30.3 Å². The summed E-state index contributed by atoms with van der Waals surface area (Å²) in [5.41, 5.74) is 5.09. The van der Waals surface area contributed by atoms with E-state index in [0.717, 1.165) is 25.7 Å². The minimum Gasteiger partial charge on any atom is -0.481 e. The topological polar surface area (TPSA) is 214 Å². The molecule has 4 aromatic rings. The number of aliphatic carboxylic acids is 3. The number of piperidine rings is 1. The number of non-ortho nitro benzene ring substituents is 1. The zero-order valence-corrected chi connectivity index (χ0v) is 32.8. The number of anilines is 1. The SMILES string of the molecule is O=C(Nc1ccc([N+](=O)[O-])cc1)[C@H]1CCCC[C@H]1C(=O)O.O=C(O)CC1CCN(C(=O)OCC2c3ccccc3-c3ccccc32)CC1.O=C(O)Cc1cc(F)c(F)c(F)c1. The number of nitrogens with zero attached hydrogens (tertiary/aromatic N) is 2. The van der Waals surface area contributed by atoms with Gasteiger partial charge in [-0.15, -0.1) is 0 Å². The molecule has 0 bridgehead atoms. The lowest BCUT2D eigenvalue weighted by atomic mass is 9.78. The maximum atomic E-state index is 12.5. The van der Waals surface area contributed by atoms with Gasteiger partial charge >= 0.3 is 24.0 Å². The summed E-state index contributed by atoms with van der Waals surface area (Å²) in [6, 6.07) is 23.3. The predicted octanol–water partition coefficient (Wildman–Crippen LogP) is 8.28. The number of carboxylic acids is 3. The molecule has 17 heteroatoms. The van der Waals surface area contributed by atoms with Gasteiger partial charge in [-0.2, -0.15) is 0 Å². The second-order valence-corrected chi connectivity index (χ2v) is 14.9. The molecule has 2 atom stereocenters. The number of likely N-dealkylation sites (tertiary alicyclic amines) is 1. The van der Waals surface area contributed by atoms with E-state index in [-0.39, 0.29) is 41.5 Å². The van der Waals surface area contributed by atoms with Crippen LogP contribution in [0, 0.1) is 45.3 Å². The highest BCUT2D eigenvalue weighted by Crippen LogP contribution is 2.44. The van der Waals surface area contributed by atoms with Crippen molar-refractivity contribution in [1.29, 1.82) is 0 Å². The van der Waals surface area contributed by atoms with Gasteiger partial charge in [-0.05, 0) is 83.7 Å². The van der Waals surface area contributed by atoms with E-state index >= 15 is 0 Å². The number of ether oxygens (including phenoxy) is 1. The number of carbonyl (C=O) groups excluding carboxylic acids is 2. The Morgan fingerprint density at radius 1 is 0.754 bits per heavy atom. The van der Waals surface area contributed by atoms with E-state index in [1.54, 1.807) is 4.90 Å². The van der Waals surface area contributed by atoms with E-state index in [0.29, 0.717) is 50.4 Å². The highest BCUT2D eigenvalue weighted by Gasteiger charge is 2.36. The Kier molecular flexibility index (Phi) is 15.6. The fourth-order valence-corrected chi connectivity index (χ4v) is 7.78. The number of carbonyl (C=O) groups is 5. The van der Waals surface area contributed by atoms with Gasteiger partial charge in [-0.3, -0.25) is 29.3 Å². The molecule has 1 heterocycles. The van der Waals surface area contributed by atoms with Gasteiger partial charge in [-0.25, -0.2) is 18.0 Å². The summed E-state index contributed by atoms with van der Waals surface area (Å²) in [5, 5.41) is 39.5. The van der Waals surface area contributed by atoms with Crippen molar-refractivity contribution in [2.24, 2.45) is 17.8 Å². The molecule has 4 N–H and O–H groups in total. The summed E-state index contributed by atoms with van der Waals surface area (Å²) in [5.74, 6) is -8.62. The van der Waals surface area contributed by atoms with E-state index in [2.05, 4.69) is 29.6 Å². The van der Waals surface area contributed by atoms with Gasteiger partial charge in [-0.1, -0.05) is 61.4 Å². The summed E-state index contributed by atoms with van der Waals surface area (Å²) in [6.45, 7) is 1.45. The van der Waals surface area contributed by atoms with Crippen LogP contribution in [0.5, 0.6) is 0 Å². The van der Waals surface area contributed by atoms with Crippen molar-refractivity contribution < 1.29 is 62.1 Å². The average molecular weight is 848 g/mol. The predicted molar refractivity (Wildman–Crippen MR) is 214 cm³/mol. The van der Waals surface area contributed by atoms with Crippen molar-refractivity contribution in [3.05, 3.63) is 129 Å². The first-order chi connectivity index (χ1) is 29.1. The van der Waals surface area contributed by atoms with Crippen LogP contribution in [0.4, 0.5) is 29.3 Å². The molecule has 1 aliphatic heterocycles. The summed E-state index contributed by atoms with van der Waals surface area (Å²) in [4.78, 5) is 68.6. The summed E-state index contributed by atoms with van der Waals surface area (Å²) in [7, 11) is 0. The Morgan fingerprint density at radius 2 is 1.30 bits per heavy atom. The van der Waals surface area contributed by atoms with E-state index < -0.39 is 58.5 Å². The number of nitro benzene ring substituents is 1. The number of benzene rings is 4. The van der Waals surface area contributed by atoms with E-state index in [4.69, 9.17) is 20.1 Å². The standard InChI is InChI=1S/C22H23NO4.C14H16N2O5.C8H5F3O2/c24-21(25)13-15-9-11-23(12-10-15)22(26)27-14-20-18-7-3-1-5-16(18)17-6-2-4-8-19(17)20;17-13(11-3-1-2-4-12(11)14(18)19)15-9-5-7-10(8-6-9)16(20)21;9-5-1-4(3-7(12)13)2-6(10)8(5)11/h1-8,15,20H,9-14H2,(H,24,25);5-8,11-12H,1-4H2,(H,15,17)(H,18,19);1-2H,3H2,(H,12,13)/t;11-,12+;/m.0./s1. The third-order valence-electron chi connectivity index (χ3n) is 10.8. The lowest BCUT2D eigenvalue weighted by Crippen LogP contribution is -2.39. The summed E-state index contributed by atoms with van der Waals surface area (Å²) < 4.78 is 43.0. The Hall–Kier alpha value is -6.78. The number of nitrogens with one attached hydrogen (secondary N) is 1. The van der Waals surface area contributed by atoms with Crippen molar-refractivity contribution in [2.45, 2.75) is 57.3 Å². The maximum absolute atomic E-state index is 12.5. The van der Waals surface area contributed by atoms with Gasteiger partial charge in [0.25, 0.3) is 5.69 Å². The van der Waals surface area contributed by atoms with Crippen LogP contribution < -0.4 is 5.32 Å². The summed E-state index contributed by atoms with van der Waals surface area (Å²) >= 11 is 0. The third kappa shape index (κ3) is 12.1. The largest absolute Gasteiger partial charge is 0.481 e. The number of rotatable bonds is 10. The summed E-state index contributed by atoms with van der Waals surface area (Å²) in [6.07, 6.45) is 3.49. The van der Waals surface area contributed by atoms with Crippen LogP contribution in [0.25, 0.3) is 11.1 Å². The fraction of sp³-hybridized carbons (Fsp3) is 0.341. The number of halogens is 3. The molecule has 0 spiro atoms. The molecule has 0 unspecified atom stereocenters. The second-order valence-electron chi connectivity index (χ2n) is 14.9.